The first-order valence-corrected chi connectivity index (χ1v) is 4.81. The predicted octanol–water partition coefficient (Wildman–Crippen LogP) is 3.08. The largest absolute Gasteiger partial charge is 0.460 e. The zero-order valence-electron chi connectivity index (χ0n) is 8.67. The molecule has 1 radical (unpaired) electrons. The van der Waals surface area contributed by atoms with Crippen molar-refractivity contribution in [3.8, 4) is 0 Å². The van der Waals surface area contributed by atoms with Gasteiger partial charge in [0.05, 0.1) is 5.39 Å². The van der Waals surface area contributed by atoms with Crippen molar-refractivity contribution in [3.05, 3.63) is 52.7 Å². The van der Waals surface area contributed by atoms with Crippen molar-refractivity contribution >= 4 is 11.0 Å². The van der Waals surface area contributed by atoms with E-state index in [1.165, 1.54) is 12.1 Å². The summed E-state index contributed by atoms with van der Waals surface area (Å²) in [6.07, 6.45) is -5.64. The van der Waals surface area contributed by atoms with Gasteiger partial charge in [0.2, 0.25) is 0 Å². The molecule has 89 valence electrons. The average Bonchev–Trinajstić information content (AvgIpc) is 2.17. The maximum absolute atomic E-state index is 12.2. The zero-order valence-corrected chi connectivity index (χ0v) is 8.67. The zero-order chi connectivity index (χ0) is 12.6. The van der Waals surface area contributed by atoms with Gasteiger partial charge in [-0.3, -0.25) is 4.79 Å². The fraction of sp³-hybridized carbons (Fsp3) is 0.167. The summed E-state index contributed by atoms with van der Waals surface area (Å²) < 4.78 is 41.5. The summed E-state index contributed by atoms with van der Waals surface area (Å²) in [6, 6.07) is 5.37. The van der Waals surface area contributed by atoms with E-state index in [0.29, 0.717) is 5.56 Å². The summed E-state index contributed by atoms with van der Waals surface area (Å²) in [5, 5.41) is 0.239. The number of halogens is 3. The molecule has 0 fully saturated rings. The maximum Gasteiger partial charge on any atom is 0.396 e. The molecule has 17 heavy (non-hydrogen) atoms. The van der Waals surface area contributed by atoms with Gasteiger partial charge in [-0.2, -0.15) is 13.2 Å². The second-order valence-electron chi connectivity index (χ2n) is 3.70. The lowest BCUT2D eigenvalue weighted by Crippen LogP contribution is -2.13. The van der Waals surface area contributed by atoms with E-state index in [1.54, 1.807) is 6.07 Å². The first-order chi connectivity index (χ1) is 7.85. The molecule has 1 aromatic heterocycles. The molecular weight excluding hydrogens is 233 g/mol. The number of benzene rings is 1. The van der Waals surface area contributed by atoms with E-state index < -0.39 is 18.0 Å². The van der Waals surface area contributed by atoms with Gasteiger partial charge < -0.3 is 4.42 Å². The smallest absolute Gasteiger partial charge is 0.396 e. The topological polar surface area (TPSA) is 30.2 Å². The highest BCUT2D eigenvalue weighted by Crippen LogP contribution is 2.22. The highest BCUT2D eigenvalue weighted by Gasteiger charge is 2.29. The summed E-state index contributed by atoms with van der Waals surface area (Å²) >= 11 is 0. The standard InChI is InChI=1S/C12H8F3O2/c1-7-2-3-11-9(4-7)10(16)5-8(17-11)6-12(13,14)15/h2-5H,1,6H2. The lowest BCUT2D eigenvalue weighted by Gasteiger charge is -2.06. The summed E-state index contributed by atoms with van der Waals surface area (Å²) in [6.45, 7) is 3.63. The summed E-state index contributed by atoms with van der Waals surface area (Å²) in [4.78, 5) is 11.6. The van der Waals surface area contributed by atoms with Gasteiger partial charge >= 0.3 is 6.18 Å². The van der Waals surface area contributed by atoms with Crippen LogP contribution in [0.25, 0.3) is 11.0 Å². The SMILES string of the molecule is [CH2]c1ccc2oc(CC(F)(F)F)cc(=O)c2c1. The fourth-order valence-corrected chi connectivity index (χ4v) is 1.54. The highest BCUT2D eigenvalue weighted by atomic mass is 19.4. The quantitative estimate of drug-likeness (QED) is 0.768. The molecule has 1 heterocycles. The van der Waals surface area contributed by atoms with Crippen molar-refractivity contribution in [2.45, 2.75) is 12.6 Å². The molecule has 5 heteroatoms. The van der Waals surface area contributed by atoms with E-state index in [1.807, 2.05) is 0 Å². The van der Waals surface area contributed by atoms with E-state index in [0.717, 1.165) is 6.07 Å². The molecule has 0 spiro atoms. The summed E-state index contributed by atoms with van der Waals surface area (Å²) in [5.41, 5.74) is 0.258. The van der Waals surface area contributed by atoms with Gasteiger partial charge in [-0.25, -0.2) is 0 Å². The molecule has 0 unspecified atom stereocenters. The number of hydrogen-bond donors (Lipinski definition) is 0. The van der Waals surface area contributed by atoms with Crippen molar-refractivity contribution in [2.24, 2.45) is 0 Å². The number of alkyl halides is 3. The molecule has 0 saturated carbocycles. The average molecular weight is 241 g/mol. The molecular formula is C12H8F3O2. The Bertz CT molecular complexity index is 611. The Kier molecular flexibility index (Phi) is 2.69. The van der Waals surface area contributed by atoms with Gasteiger partial charge in [0.25, 0.3) is 0 Å². The van der Waals surface area contributed by atoms with Crippen molar-refractivity contribution in [1.29, 1.82) is 0 Å². The Hall–Kier alpha value is -1.78. The van der Waals surface area contributed by atoms with Crippen molar-refractivity contribution in [2.75, 3.05) is 0 Å². The lowest BCUT2D eigenvalue weighted by molar-refractivity contribution is -0.130. The number of hydrogen-bond acceptors (Lipinski definition) is 2. The van der Waals surface area contributed by atoms with Gasteiger partial charge in [0.15, 0.2) is 5.43 Å². The van der Waals surface area contributed by atoms with Crippen LogP contribution in [0.15, 0.2) is 33.5 Å². The third kappa shape index (κ3) is 2.67. The van der Waals surface area contributed by atoms with E-state index in [4.69, 9.17) is 4.42 Å². The van der Waals surface area contributed by atoms with Crippen molar-refractivity contribution in [1.82, 2.24) is 0 Å². The molecule has 2 nitrogen and oxygen atoms in total. The van der Waals surface area contributed by atoms with Crippen LogP contribution in [0, 0.1) is 6.92 Å². The van der Waals surface area contributed by atoms with Gasteiger partial charge in [0.1, 0.15) is 17.8 Å². The fourth-order valence-electron chi connectivity index (χ4n) is 1.54. The van der Waals surface area contributed by atoms with Crippen LogP contribution in [-0.4, -0.2) is 6.18 Å². The van der Waals surface area contributed by atoms with Gasteiger partial charge in [-0.1, -0.05) is 6.07 Å². The van der Waals surface area contributed by atoms with Gasteiger partial charge in [0, 0.05) is 6.07 Å². The lowest BCUT2D eigenvalue weighted by atomic mass is 10.1. The van der Waals surface area contributed by atoms with Crippen LogP contribution >= 0.6 is 0 Å². The van der Waals surface area contributed by atoms with Crippen LogP contribution in [0.5, 0.6) is 0 Å². The molecule has 2 aromatic rings. The van der Waals surface area contributed by atoms with Crippen LogP contribution in [0.3, 0.4) is 0 Å². The van der Waals surface area contributed by atoms with E-state index in [2.05, 4.69) is 6.92 Å². The van der Waals surface area contributed by atoms with Crippen LogP contribution < -0.4 is 5.43 Å². The molecule has 0 aliphatic heterocycles. The van der Waals surface area contributed by atoms with Crippen LogP contribution in [0.1, 0.15) is 11.3 Å². The third-order valence-electron chi connectivity index (χ3n) is 2.22. The number of fused-ring (bicyclic) bond motifs is 1. The van der Waals surface area contributed by atoms with Gasteiger partial charge in [-0.15, -0.1) is 0 Å². The second kappa shape index (κ2) is 3.91. The van der Waals surface area contributed by atoms with Crippen LogP contribution in [0.4, 0.5) is 13.2 Å². The Balaban J connectivity index is 2.57. The minimum atomic E-state index is -4.39. The Morgan fingerprint density at radius 1 is 1.24 bits per heavy atom. The molecule has 0 N–H and O–H groups in total. The minimum Gasteiger partial charge on any atom is -0.460 e. The van der Waals surface area contributed by atoms with Crippen molar-refractivity contribution < 1.29 is 17.6 Å². The van der Waals surface area contributed by atoms with Crippen molar-refractivity contribution in [3.63, 3.8) is 0 Å². The summed E-state index contributed by atoms with van der Waals surface area (Å²) in [7, 11) is 0. The number of rotatable bonds is 1. The first-order valence-electron chi connectivity index (χ1n) is 4.81. The van der Waals surface area contributed by atoms with Gasteiger partial charge in [-0.05, 0) is 24.6 Å². The van der Waals surface area contributed by atoms with E-state index in [-0.39, 0.29) is 16.7 Å². The monoisotopic (exact) mass is 241 g/mol. The second-order valence-corrected chi connectivity index (χ2v) is 3.70. The molecule has 1 aromatic carbocycles. The Morgan fingerprint density at radius 2 is 1.94 bits per heavy atom. The molecule has 2 rings (SSSR count). The maximum atomic E-state index is 12.2. The molecule has 0 aliphatic rings. The van der Waals surface area contributed by atoms with E-state index >= 15 is 0 Å². The Morgan fingerprint density at radius 3 is 2.59 bits per heavy atom. The minimum absolute atomic E-state index is 0.143. The van der Waals surface area contributed by atoms with Crippen LogP contribution in [-0.2, 0) is 6.42 Å². The molecule has 0 amide bonds. The highest BCUT2D eigenvalue weighted by molar-refractivity contribution is 5.77. The molecule has 0 saturated heterocycles. The van der Waals surface area contributed by atoms with Crippen LogP contribution in [0.2, 0.25) is 0 Å². The third-order valence-corrected chi connectivity index (χ3v) is 2.22. The molecule has 0 atom stereocenters. The predicted molar refractivity (Wildman–Crippen MR) is 56.7 cm³/mol. The Labute approximate surface area is 94.7 Å². The van der Waals surface area contributed by atoms with E-state index in [9.17, 15) is 18.0 Å². The molecule has 0 bridgehead atoms. The summed E-state index contributed by atoms with van der Waals surface area (Å²) in [5.74, 6) is -0.383. The molecule has 0 aliphatic carbocycles. The first kappa shape index (κ1) is 11.7. The normalized spacial score (nSPS) is 12.0.